The topological polar surface area (TPSA) is 114 Å². The summed E-state index contributed by atoms with van der Waals surface area (Å²) in [5, 5.41) is 16.3. The van der Waals surface area contributed by atoms with E-state index in [1.54, 1.807) is 29.2 Å². The number of carboxylic acid groups (broad SMARTS) is 1. The number of rotatable bonds is 4. The summed E-state index contributed by atoms with van der Waals surface area (Å²) in [5.41, 5.74) is 2.19. The van der Waals surface area contributed by atoms with Gasteiger partial charge in [-0.15, -0.1) is 0 Å². The van der Waals surface area contributed by atoms with Crippen molar-refractivity contribution in [2.45, 2.75) is 19.8 Å². The van der Waals surface area contributed by atoms with Gasteiger partial charge in [0, 0.05) is 19.3 Å². The average Bonchev–Trinajstić information content (AvgIpc) is 3.13. The van der Waals surface area contributed by atoms with Crippen molar-refractivity contribution in [1.29, 1.82) is 0 Å². The molecule has 1 aliphatic rings. The molecule has 2 amide bonds. The van der Waals surface area contributed by atoms with Crippen LogP contribution in [0.2, 0.25) is 0 Å². The highest BCUT2D eigenvalue weighted by molar-refractivity contribution is 5.96. The van der Waals surface area contributed by atoms with Crippen molar-refractivity contribution in [1.82, 2.24) is 14.7 Å². The van der Waals surface area contributed by atoms with E-state index in [-0.39, 0.29) is 12.1 Å². The van der Waals surface area contributed by atoms with E-state index in [0.29, 0.717) is 30.8 Å². The molecule has 3 rings (SSSR count). The van der Waals surface area contributed by atoms with E-state index in [0.717, 1.165) is 5.56 Å². The minimum Gasteiger partial charge on any atom is -0.481 e. The van der Waals surface area contributed by atoms with Gasteiger partial charge in [-0.05, 0) is 43.5 Å². The number of amides is 2. The summed E-state index contributed by atoms with van der Waals surface area (Å²) >= 11 is 0. The van der Waals surface area contributed by atoms with Crippen molar-refractivity contribution < 1.29 is 24.2 Å². The van der Waals surface area contributed by atoms with Crippen LogP contribution in [0.3, 0.4) is 0 Å². The Morgan fingerprint density at radius 1 is 1.32 bits per heavy atom. The second-order valence-corrected chi connectivity index (χ2v) is 6.74. The standard InChI is InChI=1S/C19H22N4O5/c1-12-9-20-23(10-12)16-6-5-13(18(26)28-2)8-15(16)21-19(27)22-7-3-4-14(11-22)17(24)25/h5-6,8-10,14H,3-4,7,11H2,1-2H3,(H,21,27)(H,24,25). The van der Waals surface area contributed by atoms with Crippen molar-refractivity contribution >= 4 is 23.7 Å². The smallest absolute Gasteiger partial charge is 0.337 e. The number of carbonyl (C=O) groups excluding carboxylic acids is 2. The van der Waals surface area contributed by atoms with E-state index in [1.165, 1.54) is 18.1 Å². The molecule has 148 valence electrons. The van der Waals surface area contributed by atoms with Crippen LogP contribution >= 0.6 is 0 Å². The van der Waals surface area contributed by atoms with Gasteiger partial charge >= 0.3 is 18.0 Å². The third-order valence-corrected chi connectivity index (χ3v) is 4.68. The van der Waals surface area contributed by atoms with Gasteiger partial charge in [0.2, 0.25) is 0 Å². The van der Waals surface area contributed by atoms with Gasteiger partial charge in [0.25, 0.3) is 0 Å². The zero-order valence-corrected chi connectivity index (χ0v) is 15.7. The molecule has 0 bridgehead atoms. The summed E-state index contributed by atoms with van der Waals surface area (Å²) in [7, 11) is 1.28. The molecule has 1 fully saturated rings. The zero-order chi connectivity index (χ0) is 20.3. The molecule has 0 saturated carbocycles. The minimum absolute atomic E-state index is 0.147. The monoisotopic (exact) mass is 386 g/mol. The second-order valence-electron chi connectivity index (χ2n) is 6.74. The SMILES string of the molecule is COC(=O)c1ccc(-n2cc(C)cn2)c(NC(=O)N2CCCC(C(=O)O)C2)c1. The summed E-state index contributed by atoms with van der Waals surface area (Å²) in [5.74, 6) is -2.00. The fourth-order valence-corrected chi connectivity index (χ4v) is 3.18. The number of aryl methyl sites for hydroxylation is 1. The van der Waals surface area contributed by atoms with Gasteiger partial charge in [0.15, 0.2) is 0 Å². The lowest BCUT2D eigenvalue weighted by molar-refractivity contribution is -0.143. The van der Waals surface area contributed by atoms with Crippen LogP contribution in [0.5, 0.6) is 0 Å². The number of methoxy groups -OCH3 is 1. The van der Waals surface area contributed by atoms with Crippen molar-refractivity contribution in [3.8, 4) is 5.69 Å². The number of piperidine rings is 1. The number of aliphatic carboxylic acids is 1. The Bertz CT molecular complexity index is 907. The summed E-state index contributed by atoms with van der Waals surface area (Å²) in [6.07, 6.45) is 4.65. The van der Waals surface area contributed by atoms with Crippen LogP contribution in [0.1, 0.15) is 28.8 Å². The lowest BCUT2D eigenvalue weighted by atomic mass is 9.99. The van der Waals surface area contributed by atoms with Gasteiger partial charge in [0.1, 0.15) is 0 Å². The largest absolute Gasteiger partial charge is 0.481 e. The van der Waals surface area contributed by atoms with Crippen molar-refractivity contribution in [2.75, 3.05) is 25.5 Å². The van der Waals surface area contributed by atoms with E-state index in [2.05, 4.69) is 10.4 Å². The van der Waals surface area contributed by atoms with E-state index < -0.39 is 23.9 Å². The number of nitrogens with zero attached hydrogens (tertiary/aromatic N) is 3. The normalized spacial score (nSPS) is 16.5. The highest BCUT2D eigenvalue weighted by Crippen LogP contribution is 2.24. The first-order chi connectivity index (χ1) is 13.4. The van der Waals surface area contributed by atoms with Gasteiger partial charge in [-0.25, -0.2) is 14.3 Å². The number of aromatic nitrogens is 2. The molecular formula is C19H22N4O5. The number of hydrogen-bond acceptors (Lipinski definition) is 5. The number of ether oxygens (including phenoxy) is 1. The Balaban J connectivity index is 1.89. The van der Waals surface area contributed by atoms with Crippen LogP contribution in [0.25, 0.3) is 5.69 Å². The maximum absolute atomic E-state index is 12.8. The van der Waals surface area contributed by atoms with E-state index in [4.69, 9.17) is 4.74 Å². The first-order valence-electron chi connectivity index (χ1n) is 8.91. The molecular weight excluding hydrogens is 364 g/mol. The Labute approximate surface area is 161 Å². The first kappa shape index (κ1) is 19.4. The molecule has 9 nitrogen and oxygen atoms in total. The van der Waals surface area contributed by atoms with Crippen molar-refractivity contribution in [3.63, 3.8) is 0 Å². The molecule has 2 aromatic rings. The van der Waals surface area contributed by atoms with Crippen LogP contribution in [0, 0.1) is 12.8 Å². The fraction of sp³-hybridized carbons (Fsp3) is 0.368. The van der Waals surface area contributed by atoms with Gasteiger partial charge in [-0.2, -0.15) is 5.10 Å². The van der Waals surface area contributed by atoms with Gasteiger partial charge < -0.3 is 20.1 Å². The molecule has 2 heterocycles. The number of urea groups is 1. The predicted octanol–water partition coefficient (Wildman–Crippen LogP) is 2.30. The zero-order valence-electron chi connectivity index (χ0n) is 15.7. The number of nitrogens with one attached hydrogen (secondary N) is 1. The summed E-state index contributed by atoms with van der Waals surface area (Å²) < 4.78 is 6.35. The molecule has 1 aromatic carbocycles. The Morgan fingerprint density at radius 3 is 2.75 bits per heavy atom. The Morgan fingerprint density at radius 2 is 2.11 bits per heavy atom. The van der Waals surface area contributed by atoms with Gasteiger partial charge in [-0.3, -0.25) is 4.79 Å². The minimum atomic E-state index is -0.905. The fourth-order valence-electron chi connectivity index (χ4n) is 3.18. The molecule has 0 aliphatic carbocycles. The molecule has 28 heavy (non-hydrogen) atoms. The number of carboxylic acids is 1. The molecule has 1 aliphatic heterocycles. The highest BCUT2D eigenvalue weighted by atomic mass is 16.5. The predicted molar refractivity (Wildman–Crippen MR) is 101 cm³/mol. The number of carbonyl (C=O) groups is 3. The number of benzene rings is 1. The molecule has 9 heteroatoms. The molecule has 2 N–H and O–H groups in total. The van der Waals surface area contributed by atoms with Crippen LogP contribution in [-0.2, 0) is 9.53 Å². The Hall–Kier alpha value is -3.36. The summed E-state index contributed by atoms with van der Waals surface area (Å²) in [4.78, 5) is 37.4. The van der Waals surface area contributed by atoms with Crippen LogP contribution < -0.4 is 5.32 Å². The third-order valence-electron chi connectivity index (χ3n) is 4.68. The lowest BCUT2D eigenvalue weighted by Crippen LogP contribution is -2.44. The quantitative estimate of drug-likeness (QED) is 0.780. The van der Waals surface area contributed by atoms with Crippen molar-refractivity contribution in [3.05, 3.63) is 41.7 Å². The van der Waals surface area contributed by atoms with E-state index in [9.17, 15) is 19.5 Å². The number of likely N-dealkylation sites (tertiary alicyclic amines) is 1. The number of esters is 1. The molecule has 1 atom stereocenters. The first-order valence-corrected chi connectivity index (χ1v) is 8.91. The molecule has 1 saturated heterocycles. The molecule has 0 radical (unpaired) electrons. The average molecular weight is 386 g/mol. The van der Waals surface area contributed by atoms with E-state index >= 15 is 0 Å². The number of hydrogen-bond donors (Lipinski definition) is 2. The highest BCUT2D eigenvalue weighted by Gasteiger charge is 2.28. The molecule has 1 unspecified atom stereocenters. The second kappa shape index (κ2) is 8.12. The van der Waals surface area contributed by atoms with Gasteiger partial charge in [0.05, 0.1) is 36.2 Å². The lowest BCUT2D eigenvalue weighted by Gasteiger charge is -2.31. The number of anilines is 1. The van der Waals surface area contributed by atoms with Crippen molar-refractivity contribution in [2.24, 2.45) is 5.92 Å². The Kier molecular flexibility index (Phi) is 5.62. The van der Waals surface area contributed by atoms with Crippen LogP contribution in [-0.4, -0.2) is 58.0 Å². The summed E-state index contributed by atoms with van der Waals surface area (Å²) in [6.45, 7) is 2.51. The summed E-state index contributed by atoms with van der Waals surface area (Å²) in [6, 6.07) is 4.37. The maximum atomic E-state index is 12.8. The van der Waals surface area contributed by atoms with Crippen LogP contribution in [0.15, 0.2) is 30.6 Å². The van der Waals surface area contributed by atoms with E-state index in [1.807, 2.05) is 6.92 Å². The third kappa shape index (κ3) is 4.13. The maximum Gasteiger partial charge on any atom is 0.337 e. The molecule has 1 aromatic heterocycles. The molecule has 0 spiro atoms. The van der Waals surface area contributed by atoms with Crippen LogP contribution in [0.4, 0.5) is 10.5 Å². The van der Waals surface area contributed by atoms with Gasteiger partial charge in [-0.1, -0.05) is 0 Å².